The van der Waals surface area contributed by atoms with Gasteiger partial charge in [0.2, 0.25) is 5.91 Å². The lowest BCUT2D eigenvalue weighted by Crippen LogP contribution is -2.45. The normalized spacial score (nSPS) is 19.0. The molecule has 114 valence electrons. The molecule has 1 fully saturated rings. The van der Waals surface area contributed by atoms with Crippen LogP contribution in [0.5, 0.6) is 0 Å². The number of amides is 3. The van der Waals surface area contributed by atoms with Crippen molar-refractivity contribution in [2.75, 3.05) is 27.2 Å². The van der Waals surface area contributed by atoms with E-state index < -0.39 is 6.04 Å². The summed E-state index contributed by atoms with van der Waals surface area (Å²) in [5.41, 5.74) is 0.912. The van der Waals surface area contributed by atoms with Crippen LogP contribution < -0.4 is 16.0 Å². The molecule has 3 amide bonds. The minimum atomic E-state index is -0.548. The molecule has 0 saturated carbocycles. The fourth-order valence-corrected chi connectivity index (χ4v) is 2.22. The van der Waals surface area contributed by atoms with Crippen LogP contribution in [0.1, 0.15) is 11.6 Å². The highest BCUT2D eigenvalue weighted by Crippen LogP contribution is 2.17. The second kappa shape index (κ2) is 6.53. The van der Waals surface area contributed by atoms with Crippen molar-refractivity contribution in [2.45, 2.75) is 12.1 Å². The van der Waals surface area contributed by atoms with Crippen LogP contribution in [0, 0.1) is 5.82 Å². The van der Waals surface area contributed by atoms with Crippen LogP contribution in [0.4, 0.5) is 9.18 Å². The Balaban J connectivity index is 1.95. The third-order valence-corrected chi connectivity index (χ3v) is 3.44. The summed E-state index contributed by atoms with van der Waals surface area (Å²) in [6.45, 7) is 0.664. The van der Waals surface area contributed by atoms with Crippen LogP contribution in [0.3, 0.4) is 0 Å². The van der Waals surface area contributed by atoms with E-state index in [4.69, 9.17) is 0 Å². The number of rotatable bonds is 5. The van der Waals surface area contributed by atoms with E-state index in [1.165, 1.54) is 12.1 Å². The highest BCUT2D eigenvalue weighted by atomic mass is 19.1. The summed E-state index contributed by atoms with van der Waals surface area (Å²) in [7, 11) is 3.78. The third-order valence-electron chi connectivity index (χ3n) is 3.44. The molecule has 7 heteroatoms. The van der Waals surface area contributed by atoms with Crippen molar-refractivity contribution >= 4 is 11.9 Å². The first-order chi connectivity index (χ1) is 9.97. The van der Waals surface area contributed by atoms with Crippen molar-refractivity contribution in [3.05, 3.63) is 35.6 Å². The summed E-state index contributed by atoms with van der Waals surface area (Å²) < 4.78 is 13.0. The first-order valence-corrected chi connectivity index (χ1v) is 6.71. The molecule has 1 aromatic carbocycles. The summed E-state index contributed by atoms with van der Waals surface area (Å²) in [6, 6.07) is 5.24. The van der Waals surface area contributed by atoms with Gasteiger partial charge < -0.3 is 20.9 Å². The molecule has 0 bridgehead atoms. The summed E-state index contributed by atoms with van der Waals surface area (Å²) in [6.07, 6.45) is 0. The Labute approximate surface area is 122 Å². The lowest BCUT2D eigenvalue weighted by atomic mass is 10.1. The summed E-state index contributed by atoms with van der Waals surface area (Å²) in [5.74, 6) is -0.526. The van der Waals surface area contributed by atoms with Crippen LogP contribution in [0.25, 0.3) is 0 Å². The number of carbonyl (C=O) groups is 2. The van der Waals surface area contributed by atoms with Crippen molar-refractivity contribution in [2.24, 2.45) is 0 Å². The molecule has 0 unspecified atom stereocenters. The average Bonchev–Trinajstić information content (AvgIpc) is 2.87. The first kappa shape index (κ1) is 15.2. The van der Waals surface area contributed by atoms with E-state index in [0.29, 0.717) is 6.54 Å². The molecule has 1 aromatic rings. The van der Waals surface area contributed by atoms with Crippen LogP contribution in [-0.4, -0.2) is 50.1 Å². The predicted molar refractivity (Wildman–Crippen MR) is 76.2 cm³/mol. The van der Waals surface area contributed by atoms with E-state index >= 15 is 0 Å². The Morgan fingerprint density at radius 1 is 1.43 bits per heavy atom. The molecular formula is C14H19FN4O2. The molecule has 0 spiro atoms. The maximum Gasteiger partial charge on any atom is 0.315 e. The van der Waals surface area contributed by atoms with Gasteiger partial charge in [-0.05, 0) is 31.8 Å². The maximum absolute atomic E-state index is 13.0. The maximum atomic E-state index is 13.0. The van der Waals surface area contributed by atoms with Crippen LogP contribution in [0.15, 0.2) is 24.3 Å². The van der Waals surface area contributed by atoms with Gasteiger partial charge in [-0.25, -0.2) is 9.18 Å². The first-order valence-electron chi connectivity index (χ1n) is 6.71. The fourth-order valence-electron chi connectivity index (χ4n) is 2.22. The number of hydrogen-bond donors (Lipinski definition) is 3. The van der Waals surface area contributed by atoms with Gasteiger partial charge in [0.25, 0.3) is 0 Å². The SMILES string of the molecule is CN(C)[C@H](CNC(=O)[C@H]1CNC(=O)N1)c1ccc(F)cc1. The molecular weight excluding hydrogens is 275 g/mol. The molecule has 0 radical (unpaired) electrons. The zero-order chi connectivity index (χ0) is 15.4. The molecule has 6 nitrogen and oxygen atoms in total. The second-order valence-corrected chi connectivity index (χ2v) is 5.18. The molecule has 3 N–H and O–H groups in total. The number of nitrogens with zero attached hydrogens (tertiary/aromatic N) is 1. The highest BCUT2D eigenvalue weighted by Gasteiger charge is 2.27. The lowest BCUT2D eigenvalue weighted by Gasteiger charge is -2.25. The molecule has 2 rings (SSSR count). The topological polar surface area (TPSA) is 73.5 Å². The molecule has 21 heavy (non-hydrogen) atoms. The molecule has 2 atom stereocenters. The Morgan fingerprint density at radius 2 is 2.10 bits per heavy atom. The van der Waals surface area contributed by atoms with E-state index in [1.54, 1.807) is 12.1 Å². The van der Waals surface area contributed by atoms with Crippen molar-refractivity contribution in [3.63, 3.8) is 0 Å². The molecule has 1 saturated heterocycles. The molecule has 1 aliphatic rings. The van der Waals surface area contributed by atoms with Crippen molar-refractivity contribution in [1.82, 2.24) is 20.9 Å². The largest absolute Gasteiger partial charge is 0.352 e. The number of hydrogen-bond acceptors (Lipinski definition) is 3. The zero-order valence-corrected chi connectivity index (χ0v) is 12.0. The van der Waals surface area contributed by atoms with E-state index in [-0.39, 0.29) is 30.3 Å². The Bertz CT molecular complexity index is 518. The second-order valence-electron chi connectivity index (χ2n) is 5.18. The van der Waals surface area contributed by atoms with Crippen LogP contribution in [-0.2, 0) is 4.79 Å². The van der Waals surface area contributed by atoms with Crippen molar-refractivity contribution in [3.8, 4) is 0 Å². The monoisotopic (exact) mass is 294 g/mol. The smallest absolute Gasteiger partial charge is 0.315 e. The van der Waals surface area contributed by atoms with Gasteiger partial charge in [0.05, 0.1) is 6.04 Å². The quantitative estimate of drug-likeness (QED) is 0.727. The highest BCUT2D eigenvalue weighted by molar-refractivity contribution is 5.90. The minimum absolute atomic E-state index is 0.0698. The Morgan fingerprint density at radius 3 is 2.62 bits per heavy atom. The summed E-state index contributed by atoms with van der Waals surface area (Å²) >= 11 is 0. The minimum Gasteiger partial charge on any atom is -0.352 e. The van der Waals surface area contributed by atoms with Gasteiger partial charge in [-0.1, -0.05) is 12.1 Å². The number of urea groups is 1. The van der Waals surface area contributed by atoms with Gasteiger partial charge in [-0.2, -0.15) is 0 Å². The zero-order valence-electron chi connectivity index (χ0n) is 12.0. The fraction of sp³-hybridized carbons (Fsp3) is 0.429. The number of benzene rings is 1. The standard InChI is InChI=1S/C14H19FN4O2/c1-19(2)12(9-3-5-10(15)6-4-9)8-16-13(20)11-7-17-14(21)18-11/h3-6,11-12H,7-8H2,1-2H3,(H,16,20)(H2,17,18,21)/t11-,12-/m1/s1. The van der Waals surface area contributed by atoms with Gasteiger partial charge in [0, 0.05) is 13.1 Å². The summed E-state index contributed by atoms with van der Waals surface area (Å²) in [5, 5.41) is 7.88. The van der Waals surface area contributed by atoms with E-state index in [2.05, 4.69) is 16.0 Å². The van der Waals surface area contributed by atoms with E-state index in [1.807, 2.05) is 19.0 Å². The lowest BCUT2D eigenvalue weighted by molar-refractivity contribution is -0.122. The number of likely N-dealkylation sites (N-methyl/N-ethyl adjacent to an activating group) is 1. The van der Waals surface area contributed by atoms with Crippen molar-refractivity contribution < 1.29 is 14.0 Å². The Kier molecular flexibility index (Phi) is 4.74. The number of halogens is 1. The van der Waals surface area contributed by atoms with Gasteiger partial charge in [0.15, 0.2) is 0 Å². The van der Waals surface area contributed by atoms with Crippen LogP contribution >= 0.6 is 0 Å². The number of carbonyl (C=O) groups excluding carboxylic acids is 2. The van der Waals surface area contributed by atoms with Crippen molar-refractivity contribution in [1.29, 1.82) is 0 Å². The van der Waals surface area contributed by atoms with Gasteiger partial charge in [-0.15, -0.1) is 0 Å². The van der Waals surface area contributed by atoms with Gasteiger partial charge in [0.1, 0.15) is 11.9 Å². The third kappa shape index (κ3) is 3.91. The van der Waals surface area contributed by atoms with Gasteiger partial charge >= 0.3 is 6.03 Å². The van der Waals surface area contributed by atoms with Crippen LogP contribution in [0.2, 0.25) is 0 Å². The average molecular weight is 294 g/mol. The van der Waals surface area contributed by atoms with E-state index in [0.717, 1.165) is 5.56 Å². The molecule has 1 heterocycles. The number of nitrogens with one attached hydrogen (secondary N) is 3. The molecule has 1 aliphatic heterocycles. The Hall–Kier alpha value is -2.15. The molecule has 0 aliphatic carbocycles. The van der Waals surface area contributed by atoms with Gasteiger partial charge in [-0.3, -0.25) is 4.79 Å². The predicted octanol–water partition coefficient (Wildman–Crippen LogP) is 0.226. The summed E-state index contributed by atoms with van der Waals surface area (Å²) in [4.78, 5) is 24.9. The molecule has 0 aromatic heterocycles. The van der Waals surface area contributed by atoms with E-state index in [9.17, 15) is 14.0 Å².